The summed E-state index contributed by atoms with van der Waals surface area (Å²) < 4.78 is 38.5. The number of halogens is 3. The zero-order valence-electron chi connectivity index (χ0n) is 14.9. The van der Waals surface area contributed by atoms with Crippen LogP contribution in [0.5, 0.6) is 0 Å². The lowest BCUT2D eigenvalue weighted by Gasteiger charge is -2.13. The first-order valence-electron chi connectivity index (χ1n) is 8.42. The number of ketones is 1. The number of carboxylic acids is 1. The Labute approximate surface area is 159 Å². The van der Waals surface area contributed by atoms with Crippen molar-refractivity contribution < 1.29 is 27.9 Å². The molecule has 0 unspecified atom stereocenters. The molecule has 2 rings (SSSR count). The Balaban J connectivity index is 2.08. The van der Waals surface area contributed by atoms with Crippen LogP contribution in [0, 0.1) is 11.8 Å². The van der Waals surface area contributed by atoms with Gasteiger partial charge in [-0.2, -0.15) is 13.2 Å². The molecule has 2 aromatic rings. The first-order chi connectivity index (χ1) is 12.6. The van der Waals surface area contributed by atoms with E-state index in [4.69, 9.17) is 0 Å². The molecular formula is C19H20F3NO3S. The van der Waals surface area contributed by atoms with Crippen molar-refractivity contribution in [2.24, 2.45) is 11.8 Å². The predicted molar refractivity (Wildman–Crippen MR) is 96.5 cm³/mol. The van der Waals surface area contributed by atoms with Crippen molar-refractivity contribution in [1.29, 1.82) is 0 Å². The van der Waals surface area contributed by atoms with Crippen LogP contribution in [0.25, 0.3) is 10.6 Å². The number of alkyl halides is 3. The summed E-state index contributed by atoms with van der Waals surface area (Å²) in [6.07, 6.45) is -4.14. The van der Waals surface area contributed by atoms with Gasteiger partial charge in [-0.1, -0.05) is 26.0 Å². The second kappa shape index (κ2) is 8.65. The molecule has 1 heterocycles. The van der Waals surface area contributed by atoms with Gasteiger partial charge in [0.1, 0.15) is 10.8 Å². The number of carbonyl (C=O) groups is 2. The van der Waals surface area contributed by atoms with E-state index in [9.17, 15) is 27.9 Å². The largest absolute Gasteiger partial charge is 0.481 e. The fourth-order valence-corrected chi connectivity index (χ4v) is 3.56. The molecule has 4 nitrogen and oxygen atoms in total. The van der Waals surface area contributed by atoms with Crippen molar-refractivity contribution in [2.75, 3.05) is 0 Å². The van der Waals surface area contributed by atoms with Gasteiger partial charge in [-0.15, -0.1) is 11.3 Å². The van der Waals surface area contributed by atoms with Crippen LogP contribution in [0.2, 0.25) is 0 Å². The molecule has 0 radical (unpaired) electrons. The van der Waals surface area contributed by atoms with E-state index in [1.807, 2.05) is 13.8 Å². The second-order valence-electron chi connectivity index (χ2n) is 6.81. The van der Waals surface area contributed by atoms with E-state index in [1.165, 1.54) is 12.1 Å². The Hall–Kier alpha value is -2.22. The van der Waals surface area contributed by atoms with Gasteiger partial charge in [0.15, 0.2) is 0 Å². The van der Waals surface area contributed by atoms with Crippen molar-refractivity contribution in [3.8, 4) is 10.6 Å². The highest BCUT2D eigenvalue weighted by Gasteiger charge is 2.30. The predicted octanol–water partition coefficient (Wildman–Crippen LogP) is 5.08. The minimum absolute atomic E-state index is 0.0304. The zero-order chi connectivity index (χ0) is 20.2. The van der Waals surface area contributed by atoms with E-state index in [0.29, 0.717) is 22.7 Å². The summed E-state index contributed by atoms with van der Waals surface area (Å²) >= 11 is 1.15. The highest BCUT2D eigenvalue weighted by Crippen LogP contribution is 2.33. The minimum atomic E-state index is -4.44. The Bertz CT molecular complexity index is 815. The number of thiazole rings is 1. The van der Waals surface area contributed by atoms with Gasteiger partial charge < -0.3 is 5.11 Å². The van der Waals surface area contributed by atoms with E-state index < -0.39 is 23.6 Å². The monoisotopic (exact) mass is 399 g/mol. The SMILES string of the molecule is CC(C)C[C@H](CC(=O)Cc1csc(-c2cccc(C(F)(F)F)c2)n1)C(=O)O. The lowest BCUT2D eigenvalue weighted by molar-refractivity contribution is -0.144. The van der Waals surface area contributed by atoms with Crippen molar-refractivity contribution >= 4 is 23.1 Å². The molecule has 1 aromatic heterocycles. The van der Waals surface area contributed by atoms with Crippen LogP contribution in [0.1, 0.15) is 37.9 Å². The number of aromatic nitrogens is 1. The van der Waals surface area contributed by atoms with E-state index in [2.05, 4.69) is 4.98 Å². The Morgan fingerprint density at radius 2 is 1.96 bits per heavy atom. The number of Topliss-reactive ketones (excluding diaryl/α,β-unsaturated/α-hetero) is 1. The molecule has 0 spiro atoms. The summed E-state index contributed by atoms with van der Waals surface area (Å²) in [4.78, 5) is 27.7. The maximum absolute atomic E-state index is 12.8. The number of hydrogen-bond donors (Lipinski definition) is 1. The topological polar surface area (TPSA) is 67.3 Å². The Morgan fingerprint density at radius 3 is 2.56 bits per heavy atom. The van der Waals surface area contributed by atoms with Crippen LogP contribution in [0.4, 0.5) is 13.2 Å². The van der Waals surface area contributed by atoms with Crippen molar-refractivity contribution in [1.82, 2.24) is 4.98 Å². The maximum Gasteiger partial charge on any atom is 0.416 e. The molecule has 1 aromatic carbocycles. The summed E-state index contributed by atoms with van der Waals surface area (Å²) in [6.45, 7) is 3.78. The van der Waals surface area contributed by atoms with Gasteiger partial charge in [0.2, 0.25) is 0 Å². The highest BCUT2D eigenvalue weighted by atomic mass is 32.1. The summed E-state index contributed by atoms with van der Waals surface area (Å²) in [5.74, 6) is -1.83. The number of benzene rings is 1. The summed E-state index contributed by atoms with van der Waals surface area (Å²) in [7, 11) is 0. The first-order valence-corrected chi connectivity index (χ1v) is 9.30. The van der Waals surface area contributed by atoms with Crippen LogP contribution in [0.15, 0.2) is 29.6 Å². The van der Waals surface area contributed by atoms with Gasteiger partial charge >= 0.3 is 12.1 Å². The van der Waals surface area contributed by atoms with Crippen LogP contribution in [-0.4, -0.2) is 21.8 Å². The highest BCUT2D eigenvalue weighted by molar-refractivity contribution is 7.13. The molecule has 27 heavy (non-hydrogen) atoms. The molecule has 1 N–H and O–H groups in total. The molecule has 0 fully saturated rings. The van der Waals surface area contributed by atoms with Crippen LogP contribution >= 0.6 is 11.3 Å². The minimum Gasteiger partial charge on any atom is -0.481 e. The van der Waals surface area contributed by atoms with Gasteiger partial charge in [0, 0.05) is 23.8 Å². The molecule has 146 valence electrons. The Morgan fingerprint density at radius 1 is 1.26 bits per heavy atom. The van der Waals surface area contributed by atoms with Crippen molar-refractivity contribution in [3.63, 3.8) is 0 Å². The Kier molecular flexibility index (Phi) is 6.75. The fraction of sp³-hybridized carbons (Fsp3) is 0.421. The molecule has 0 amide bonds. The number of carboxylic acid groups (broad SMARTS) is 1. The molecule has 1 atom stereocenters. The molecule has 8 heteroatoms. The van der Waals surface area contributed by atoms with E-state index >= 15 is 0 Å². The third-order valence-electron chi connectivity index (χ3n) is 3.95. The van der Waals surface area contributed by atoms with Gasteiger partial charge in [-0.3, -0.25) is 9.59 Å². The zero-order valence-corrected chi connectivity index (χ0v) is 15.7. The van der Waals surface area contributed by atoms with E-state index in [1.54, 1.807) is 5.38 Å². The van der Waals surface area contributed by atoms with E-state index in [0.717, 1.165) is 23.5 Å². The first kappa shape index (κ1) is 21.1. The van der Waals surface area contributed by atoms with Gasteiger partial charge in [-0.05, 0) is 24.5 Å². The smallest absolute Gasteiger partial charge is 0.416 e. The standard InChI is InChI=1S/C19H20F3NO3S/c1-11(2)6-13(18(25)26)8-16(24)9-15-10-27-17(23-15)12-4-3-5-14(7-12)19(20,21)22/h3-5,7,10-11,13H,6,8-9H2,1-2H3,(H,25,26)/t13-/m1/s1. The number of carbonyl (C=O) groups excluding carboxylic acids is 1. The number of hydrogen-bond acceptors (Lipinski definition) is 4. The molecule has 0 aliphatic carbocycles. The molecular weight excluding hydrogens is 379 g/mol. The van der Waals surface area contributed by atoms with E-state index in [-0.39, 0.29) is 24.5 Å². The van der Waals surface area contributed by atoms with Crippen LogP contribution in [-0.2, 0) is 22.2 Å². The van der Waals surface area contributed by atoms with Crippen LogP contribution in [0.3, 0.4) is 0 Å². The second-order valence-corrected chi connectivity index (χ2v) is 7.66. The lowest BCUT2D eigenvalue weighted by Crippen LogP contribution is -2.20. The van der Waals surface area contributed by atoms with Crippen molar-refractivity contribution in [2.45, 2.75) is 39.3 Å². The van der Waals surface area contributed by atoms with Crippen molar-refractivity contribution in [3.05, 3.63) is 40.9 Å². The molecule has 0 saturated carbocycles. The maximum atomic E-state index is 12.8. The van der Waals surface area contributed by atoms with Gasteiger partial charge in [-0.25, -0.2) is 4.98 Å². The summed E-state index contributed by atoms with van der Waals surface area (Å²) in [6, 6.07) is 4.85. The molecule has 0 aliphatic rings. The van der Waals surface area contributed by atoms with Gasteiger partial charge in [0.25, 0.3) is 0 Å². The molecule has 0 bridgehead atoms. The normalized spacial score (nSPS) is 13.0. The quantitative estimate of drug-likeness (QED) is 0.672. The molecule has 0 aliphatic heterocycles. The van der Waals surface area contributed by atoms with Crippen LogP contribution < -0.4 is 0 Å². The average molecular weight is 399 g/mol. The third-order valence-corrected chi connectivity index (χ3v) is 4.89. The van der Waals surface area contributed by atoms with Gasteiger partial charge in [0.05, 0.1) is 17.2 Å². The number of aliphatic carboxylic acids is 1. The lowest BCUT2D eigenvalue weighted by atomic mass is 9.91. The summed E-state index contributed by atoms with van der Waals surface area (Å²) in [5, 5.41) is 11.2. The fourth-order valence-electron chi connectivity index (χ4n) is 2.74. The molecule has 0 saturated heterocycles. The third kappa shape index (κ3) is 6.16. The average Bonchev–Trinajstić information content (AvgIpc) is 3.01. The number of rotatable bonds is 8. The summed E-state index contributed by atoms with van der Waals surface area (Å²) in [5.41, 5.74) is 0.00801. The number of nitrogens with zero attached hydrogens (tertiary/aromatic N) is 1.